The minimum atomic E-state index is -0.493. The van der Waals surface area contributed by atoms with E-state index in [1.807, 2.05) is 51.1 Å². The number of anilines is 1. The van der Waals surface area contributed by atoms with Gasteiger partial charge in [0.25, 0.3) is 5.91 Å². The predicted octanol–water partition coefficient (Wildman–Crippen LogP) is 5.46. The summed E-state index contributed by atoms with van der Waals surface area (Å²) in [6, 6.07) is 9.83. The highest BCUT2D eigenvalue weighted by Crippen LogP contribution is 2.30. The van der Waals surface area contributed by atoms with E-state index in [-0.39, 0.29) is 18.7 Å². The number of rotatable bonds is 11. The normalized spacial score (nSPS) is 20.1. The van der Waals surface area contributed by atoms with E-state index in [1.165, 1.54) is 0 Å². The van der Waals surface area contributed by atoms with Crippen LogP contribution in [0.15, 0.2) is 30.3 Å². The molecule has 2 fully saturated rings. The smallest absolute Gasteiger partial charge is 0.407 e. The molecule has 1 aromatic heterocycles. The van der Waals surface area contributed by atoms with Crippen molar-refractivity contribution in [3.05, 3.63) is 35.9 Å². The van der Waals surface area contributed by atoms with Gasteiger partial charge in [-0.05, 0) is 102 Å². The fourth-order valence-electron chi connectivity index (χ4n) is 5.97. The largest absolute Gasteiger partial charge is 0.444 e. The molecule has 1 aliphatic heterocycles. The molecule has 9 heteroatoms. The minimum absolute atomic E-state index is 0.0487. The molecule has 1 saturated carbocycles. The lowest BCUT2D eigenvalue weighted by molar-refractivity contribution is 0.0512. The Bertz CT molecular complexity index is 1140. The van der Waals surface area contributed by atoms with Crippen LogP contribution in [0.2, 0.25) is 0 Å². The van der Waals surface area contributed by atoms with Crippen molar-refractivity contribution in [3.8, 4) is 0 Å². The molecule has 2 aliphatic rings. The maximum atomic E-state index is 13.5. The fraction of sp³-hybridized carbons (Fsp3) is 0.656. The molecule has 2 heterocycles. The summed E-state index contributed by atoms with van der Waals surface area (Å²) in [5.74, 6) is 2.32. The summed E-state index contributed by atoms with van der Waals surface area (Å²) < 4.78 is 17.7. The Hall–Kier alpha value is -2.94. The number of nitrogens with one attached hydrogen (secondary N) is 3. The third-order valence-electron chi connectivity index (χ3n) is 8.34. The number of alkyl halides is 1. The van der Waals surface area contributed by atoms with E-state index in [0.717, 1.165) is 81.3 Å². The molecule has 3 N–H and O–H groups in total. The van der Waals surface area contributed by atoms with Crippen molar-refractivity contribution in [2.75, 3.05) is 50.8 Å². The number of aromatic nitrogens is 1. The van der Waals surface area contributed by atoms with Crippen molar-refractivity contribution in [2.45, 2.75) is 71.3 Å². The number of alkyl carbamates (subject to hydrolysis) is 1. The molecule has 1 saturated heterocycles. The molecule has 0 unspecified atom stereocenters. The number of para-hydroxylation sites is 1. The van der Waals surface area contributed by atoms with Gasteiger partial charge in [0.15, 0.2) is 0 Å². The average Bonchev–Trinajstić information content (AvgIpc) is 2.96. The highest BCUT2D eigenvalue weighted by atomic mass is 19.1. The third kappa shape index (κ3) is 9.55. The first kappa shape index (κ1) is 31.0. The number of piperidine rings is 1. The maximum Gasteiger partial charge on any atom is 0.407 e. The van der Waals surface area contributed by atoms with E-state index in [2.05, 4.69) is 20.9 Å². The second-order valence-electron chi connectivity index (χ2n) is 12.7. The van der Waals surface area contributed by atoms with Gasteiger partial charge in [-0.1, -0.05) is 18.2 Å². The summed E-state index contributed by atoms with van der Waals surface area (Å²) in [6.07, 6.45) is 6.97. The molecule has 4 rings (SSSR count). The van der Waals surface area contributed by atoms with E-state index >= 15 is 0 Å². The van der Waals surface area contributed by atoms with Crippen LogP contribution in [0.1, 0.15) is 76.1 Å². The Labute approximate surface area is 244 Å². The highest BCUT2D eigenvalue weighted by Gasteiger charge is 2.25. The number of benzene rings is 1. The van der Waals surface area contributed by atoms with E-state index in [0.29, 0.717) is 43.0 Å². The van der Waals surface area contributed by atoms with Gasteiger partial charge >= 0.3 is 6.09 Å². The first-order chi connectivity index (χ1) is 19.7. The van der Waals surface area contributed by atoms with E-state index < -0.39 is 5.60 Å². The standard InChI is InChI=1S/C32H48FN5O3/c1-32(2,3)41-31(40)36-22-25-10-8-24(9-11-25)21-35-30(39)27-20-29(37-28-7-5-4-6-26(27)28)38-18-13-23(14-19-38)12-16-34-17-15-33/h4-7,20,23-25,34H,8-19,21-22H2,1-3H3,(H,35,39)(H,36,40). The highest BCUT2D eigenvalue weighted by molar-refractivity contribution is 6.07. The van der Waals surface area contributed by atoms with Crippen LogP contribution in [-0.4, -0.2) is 68.5 Å². The van der Waals surface area contributed by atoms with E-state index in [1.54, 1.807) is 0 Å². The third-order valence-corrected chi connectivity index (χ3v) is 8.34. The zero-order valence-electron chi connectivity index (χ0n) is 25.0. The van der Waals surface area contributed by atoms with Crippen LogP contribution in [0.5, 0.6) is 0 Å². The number of carbonyl (C=O) groups is 2. The molecule has 8 nitrogen and oxygen atoms in total. The summed E-state index contributed by atoms with van der Waals surface area (Å²) in [4.78, 5) is 32.6. The molecular weight excluding hydrogens is 521 g/mol. The first-order valence-corrected chi connectivity index (χ1v) is 15.4. The number of pyridine rings is 1. The second-order valence-corrected chi connectivity index (χ2v) is 12.7. The Morgan fingerprint density at radius 1 is 0.951 bits per heavy atom. The molecule has 0 bridgehead atoms. The van der Waals surface area contributed by atoms with Gasteiger partial charge in [0.1, 0.15) is 18.1 Å². The number of nitrogens with zero attached hydrogens (tertiary/aromatic N) is 2. The Morgan fingerprint density at radius 3 is 2.27 bits per heavy atom. The molecule has 2 amide bonds. The van der Waals surface area contributed by atoms with Crippen LogP contribution < -0.4 is 20.9 Å². The van der Waals surface area contributed by atoms with Gasteiger partial charge in [-0.15, -0.1) is 0 Å². The fourth-order valence-corrected chi connectivity index (χ4v) is 5.97. The molecule has 226 valence electrons. The van der Waals surface area contributed by atoms with Crippen molar-refractivity contribution >= 4 is 28.7 Å². The van der Waals surface area contributed by atoms with Crippen molar-refractivity contribution in [1.82, 2.24) is 20.9 Å². The monoisotopic (exact) mass is 569 g/mol. The van der Waals surface area contributed by atoms with Gasteiger partial charge in [-0.3, -0.25) is 4.79 Å². The zero-order chi connectivity index (χ0) is 29.2. The molecule has 41 heavy (non-hydrogen) atoms. The van der Waals surface area contributed by atoms with Gasteiger partial charge in [-0.25, -0.2) is 14.2 Å². The van der Waals surface area contributed by atoms with Crippen molar-refractivity contribution in [2.24, 2.45) is 17.8 Å². The molecule has 0 spiro atoms. The summed E-state index contributed by atoms with van der Waals surface area (Å²) in [6.45, 7) is 9.66. The minimum Gasteiger partial charge on any atom is -0.444 e. The number of halogens is 1. The summed E-state index contributed by atoms with van der Waals surface area (Å²) in [7, 11) is 0. The number of ether oxygens (including phenoxy) is 1. The Balaban J connectivity index is 1.28. The number of hydrogen-bond acceptors (Lipinski definition) is 6. The lowest BCUT2D eigenvalue weighted by Crippen LogP contribution is -2.37. The van der Waals surface area contributed by atoms with Crippen LogP contribution in [0.4, 0.5) is 15.0 Å². The van der Waals surface area contributed by atoms with Gasteiger partial charge in [0.2, 0.25) is 0 Å². The van der Waals surface area contributed by atoms with Crippen molar-refractivity contribution < 1.29 is 18.7 Å². The molecule has 2 aromatic rings. The van der Waals surface area contributed by atoms with Crippen LogP contribution in [0.3, 0.4) is 0 Å². The van der Waals surface area contributed by atoms with Crippen molar-refractivity contribution in [1.29, 1.82) is 0 Å². The molecule has 0 radical (unpaired) electrons. The SMILES string of the molecule is CC(C)(C)OC(=O)NCC1CCC(CNC(=O)c2cc(N3CCC(CCNCCF)CC3)nc3ccccc23)CC1. The number of hydrogen-bond donors (Lipinski definition) is 3. The van der Waals surface area contributed by atoms with Gasteiger partial charge in [-0.2, -0.15) is 0 Å². The molecule has 1 aliphatic carbocycles. The first-order valence-electron chi connectivity index (χ1n) is 15.4. The lowest BCUT2D eigenvalue weighted by atomic mass is 9.82. The van der Waals surface area contributed by atoms with Crippen LogP contribution in [0, 0.1) is 17.8 Å². The summed E-state index contributed by atoms with van der Waals surface area (Å²) in [5, 5.41) is 10.1. The topological polar surface area (TPSA) is 95.6 Å². The van der Waals surface area contributed by atoms with Crippen LogP contribution >= 0.6 is 0 Å². The van der Waals surface area contributed by atoms with Gasteiger partial charge in [0, 0.05) is 38.1 Å². The zero-order valence-corrected chi connectivity index (χ0v) is 25.0. The Morgan fingerprint density at radius 2 is 1.61 bits per heavy atom. The Kier molecular flexibility index (Phi) is 11.2. The van der Waals surface area contributed by atoms with Crippen molar-refractivity contribution in [3.63, 3.8) is 0 Å². The van der Waals surface area contributed by atoms with Crippen LogP contribution in [-0.2, 0) is 4.74 Å². The molecule has 0 atom stereocenters. The number of amides is 2. The lowest BCUT2D eigenvalue weighted by Gasteiger charge is -2.33. The number of carbonyl (C=O) groups excluding carboxylic acids is 2. The van der Waals surface area contributed by atoms with Gasteiger partial charge < -0.3 is 25.6 Å². The summed E-state index contributed by atoms with van der Waals surface area (Å²) >= 11 is 0. The van der Waals surface area contributed by atoms with Crippen LogP contribution in [0.25, 0.3) is 10.9 Å². The van der Waals surface area contributed by atoms with Gasteiger partial charge in [0.05, 0.1) is 11.1 Å². The van der Waals surface area contributed by atoms with E-state index in [9.17, 15) is 14.0 Å². The maximum absolute atomic E-state index is 13.5. The number of fused-ring (bicyclic) bond motifs is 1. The predicted molar refractivity (Wildman–Crippen MR) is 162 cm³/mol. The quantitative estimate of drug-likeness (QED) is 0.311. The second kappa shape index (κ2) is 14.8. The summed E-state index contributed by atoms with van der Waals surface area (Å²) in [5.41, 5.74) is 1.03. The average molecular weight is 570 g/mol. The van der Waals surface area contributed by atoms with E-state index in [4.69, 9.17) is 9.72 Å². The molecule has 1 aromatic carbocycles. The molecular formula is C32H48FN5O3.